The second kappa shape index (κ2) is 4.19. The maximum atomic E-state index is 3.98. The lowest BCUT2D eigenvalue weighted by Crippen LogP contribution is -2.01. The minimum Gasteiger partial charge on any atom is -0.364 e. The van der Waals surface area contributed by atoms with Crippen LogP contribution in [0.1, 0.15) is 11.1 Å². The van der Waals surface area contributed by atoms with Crippen LogP contribution in [-0.2, 0) is 6.54 Å². The molecule has 0 radical (unpaired) electrons. The lowest BCUT2D eigenvalue weighted by Gasteiger charge is -2.02. The molecule has 0 fully saturated rings. The Morgan fingerprint density at radius 3 is 3.14 bits per heavy atom. The van der Waals surface area contributed by atoms with E-state index in [1.165, 1.54) is 5.56 Å². The number of hydrogen-bond donors (Lipinski definition) is 1. The Labute approximate surface area is 86.8 Å². The molecule has 2 heterocycles. The van der Waals surface area contributed by atoms with Crippen LogP contribution in [0.2, 0.25) is 0 Å². The van der Waals surface area contributed by atoms with Gasteiger partial charge in [-0.2, -0.15) is 16.4 Å². The van der Waals surface area contributed by atoms with Crippen LogP contribution in [0, 0.1) is 6.92 Å². The van der Waals surface area contributed by atoms with Gasteiger partial charge in [-0.05, 0) is 40.9 Å². The number of aryl methyl sites for hydroxylation is 1. The lowest BCUT2D eigenvalue weighted by molar-refractivity contribution is 0.989. The first kappa shape index (κ1) is 9.15. The molecule has 1 N–H and O–H groups in total. The average molecular weight is 205 g/mol. The fraction of sp³-hybridized carbons (Fsp3) is 0.200. The van der Waals surface area contributed by atoms with Crippen molar-refractivity contribution in [3.05, 3.63) is 40.2 Å². The van der Waals surface area contributed by atoms with Crippen molar-refractivity contribution in [3.8, 4) is 0 Å². The number of nitrogens with zero attached hydrogens (tertiary/aromatic N) is 2. The molecule has 4 heteroatoms. The number of aromatic nitrogens is 2. The highest BCUT2D eigenvalue weighted by Crippen LogP contribution is 2.09. The summed E-state index contributed by atoms with van der Waals surface area (Å²) < 4.78 is 0. The highest BCUT2D eigenvalue weighted by Gasteiger charge is 1.96. The molecule has 72 valence electrons. The van der Waals surface area contributed by atoms with Gasteiger partial charge in [0.25, 0.3) is 0 Å². The lowest BCUT2D eigenvalue weighted by atomic mass is 10.3. The predicted molar refractivity (Wildman–Crippen MR) is 58.4 cm³/mol. The number of rotatable bonds is 3. The average Bonchev–Trinajstić information content (AvgIpc) is 2.67. The highest BCUT2D eigenvalue weighted by molar-refractivity contribution is 7.07. The molecule has 0 unspecified atom stereocenters. The van der Waals surface area contributed by atoms with Gasteiger partial charge in [0.2, 0.25) is 0 Å². The van der Waals surface area contributed by atoms with E-state index < -0.39 is 0 Å². The smallest absolute Gasteiger partial charge is 0.149 e. The van der Waals surface area contributed by atoms with Crippen LogP contribution in [0.15, 0.2) is 29.1 Å². The Morgan fingerprint density at radius 2 is 2.43 bits per heavy atom. The zero-order valence-electron chi connectivity index (χ0n) is 7.90. The summed E-state index contributed by atoms with van der Waals surface area (Å²) in [5, 5.41) is 15.3. The van der Waals surface area contributed by atoms with Crippen LogP contribution in [-0.4, -0.2) is 10.2 Å². The van der Waals surface area contributed by atoms with Gasteiger partial charge in [-0.1, -0.05) is 0 Å². The first-order valence-electron chi connectivity index (χ1n) is 4.39. The van der Waals surface area contributed by atoms with Gasteiger partial charge in [-0.3, -0.25) is 0 Å². The van der Waals surface area contributed by atoms with Crippen molar-refractivity contribution in [2.24, 2.45) is 0 Å². The minimum atomic E-state index is 0.807. The third-order valence-corrected chi connectivity index (χ3v) is 2.58. The van der Waals surface area contributed by atoms with Gasteiger partial charge in [-0.25, -0.2) is 0 Å². The summed E-state index contributed by atoms with van der Waals surface area (Å²) in [5.41, 5.74) is 2.39. The molecule has 0 saturated heterocycles. The van der Waals surface area contributed by atoms with E-state index in [0.717, 1.165) is 17.9 Å². The van der Waals surface area contributed by atoms with Gasteiger partial charge >= 0.3 is 0 Å². The summed E-state index contributed by atoms with van der Waals surface area (Å²) in [6.45, 7) is 2.81. The van der Waals surface area contributed by atoms with Gasteiger partial charge in [0.05, 0.1) is 6.20 Å². The third-order valence-electron chi connectivity index (χ3n) is 1.84. The van der Waals surface area contributed by atoms with E-state index >= 15 is 0 Å². The second-order valence-corrected chi connectivity index (χ2v) is 3.88. The number of hydrogen-bond acceptors (Lipinski definition) is 4. The zero-order valence-corrected chi connectivity index (χ0v) is 8.71. The van der Waals surface area contributed by atoms with Crippen LogP contribution in [0.5, 0.6) is 0 Å². The maximum absolute atomic E-state index is 3.98. The summed E-state index contributed by atoms with van der Waals surface area (Å²) in [7, 11) is 0. The largest absolute Gasteiger partial charge is 0.364 e. The maximum Gasteiger partial charge on any atom is 0.149 e. The van der Waals surface area contributed by atoms with E-state index in [9.17, 15) is 0 Å². The third kappa shape index (κ3) is 2.29. The summed E-state index contributed by atoms with van der Waals surface area (Å²) in [6, 6.07) is 4.08. The van der Waals surface area contributed by atoms with Gasteiger partial charge in [-0.15, -0.1) is 5.10 Å². The molecule has 2 aromatic rings. The fourth-order valence-electron chi connectivity index (χ4n) is 1.14. The highest BCUT2D eigenvalue weighted by atomic mass is 32.1. The number of nitrogens with one attached hydrogen (secondary N) is 1. The van der Waals surface area contributed by atoms with E-state index in [2.05, 4.69) is 32.3 Å². The van der Waals surface area contributed by atoms with Gasteiger partial charge < -0.3 is 5.32 Å². The van der Waals surface area contributed by atoms with Gasteiger partial charge in [0, 0.05) is 6.54 Å². The molecule has 0 spiro atoms. The Bertz CT molecular complexity index is 398. The molecule has 0 bridgehead atoms. The number of thiophene rings is 1. The Balaban J connectivity index is 1.98. The standard InChI is InChI=1S/C10H11N3S/c1-8-4-10(13-12-5-8)11-6-9-2-3-14-7-9/h2-5,7H,6H2,1H3,(H,11,13). The molecule has 2 aromatic heterocycles. The van der Waals surface area contributed by atoms with Crippen LogP contribution in [0.4, 0.5) is 5.82 Å². The van der Waals surface area contributed by atoms with Crippen LogP contribution in [0.3, 0.4) is 0 Å². The first-order chi connectivity index (χ1) is 6.84. The molecular formula is C10H11N3S. The van der Waals surface area contributed by atoms with Crippen molar-refractivity contribution in [1.29, 1.82) is 0 Å². The fourth-order valence-corrected chi connectivity index (χ4v) is 1.80. The first-order valence-corrected chi connectivity index (χ1v) is 5.33. The summed E-state index contributed by atoms with van der Waals surface area (Å²) in [4.78, 5) is 0. The molecule has 0 saturated carbocycles. The van der Waals surface area contributed by atoms with Crippen LogP contribution < -0.4 is 5.32 Å². The van der Waals surface area contributed by atoms with E-state index in [-0.39, 0.29) is 0 Å². The molecule has 0 aliphatic carbocycles. The van der Waals surface area contributed by atoms with Crippen molar-refractivity contribution in [2.45, 2.75) is 13.5 Å². The summed E-state index contributed by atoms with van der Waals surface area (Å²) >= 11 is 1.70. The molecule has 3 nitrogen and oxygen atoms in total. The summed E-state index contributed by atoms with van der Waals surface area (Å²) in [5.74, 6) is 0.830. The quantitative estimate of drug-likeness (QED) is 0.836. The summed E-state index contributed by atoms with van der Waals surface area (Å²) in [6.07, 6.45) is 1.75. The van der Waals surface area contributed by atoms with Crippen LogP contribution in [0.25, 0.3) is 0 Å². The molecule has 0 atom stereocenters. The Kier molecular flexibility index (Phi) is 2.74. The molecular weight excluding hydrogens is 194 g/mol. The molecule has 0 aromatic carbocycles. The minimum absolute atomic E-state index is 0.807. The predicted octanol–water partition coefficient (Wildman–Crippen LogP) is 2.46. The van der Waals surface area contributed by atoms with E-state index in [1.807, 2.05) is 13.0 Å². The van der Waals surface area contributed by atoms with Crippen molar-refractivity contribution in [3.63, 3.8) is 0 Å². The molecule has 0 aliphatic heterocycles. The SMILES string of the molecule is Cc1cnnc(NCc2ccsc2)c1. The molecule has 0 aliphatic rings. The molecule has 0 amide bonds. The van der Waals surface area contributed by atoms with Crippen molar-refractivity contribution in [2.75, 3.05) is 5.32 Å². The number of anilines is 1. The Hall–Kier alpha value is -1.42. The van der Waals surface area contributed by atoms with Crippen LogP contribution >= 0.6 is 11.3 Å². The van der Waals surface area contributed by atoms with E-state index in [1.54, 1.807) is 17.5 Å². The molecule has 2 rings (SSSR count). The topological polar surface area (TPSA) is 37.8 Å². The van der Waals surface area contributed by atoms with Crippen molar-refractivity contribution in [1.82, 2.24) is 10.2 Å². The second-order valence-electron chi connectivity index (χ2n) is 3.10. The normalized spacial score (nSPS) is 10.1. The van der Waals surface area contributed by atoms with Gasteiger partial charge in [0.15, 0.2) is 0 Å². The van der Waals surface area contributed by atoms with Crippen molar-refractivity contribution >= 4 is 17.2 Å². The zero-order chi connectivity index (χ0) is 9.80. The van der Waals surface area contributed by atoms with E-state index in [0.29, 0.717) is 0 Å². The molecule has 14 heavy (non-hydrogen) atoms. The Morgan fingerprint density at radius 1 is 1.50 bits per heavy atom. The van der Waals surface area contributed by atoms with Gasteiger partial charge in [0.1, 0.15) is 5.82 Å². The van der Waals surface area contributed by atoms with E-state index in [4.69, 9.17) is 0 Å². The van der Waals surface area contributed by atoms with Crippen molar-refractivity contribution < 1.29 is 0 Å². The monoisotopic (exact) mass is 205 g/mol.